The summed E-state index contributed by atoms with van der Waals surface area (Å²) in [5.41, 5.74) is 0.973. The van der Waals surface area contributed by atoms with Gasteiger partial charge in [0.05, 0.1) is 5.84 Å². The van der Waals surface area contributed by atoms with Crippen LogP contribution in [0.5, 0.6) is 0 Å². The summed E-state index contributed by atoms with van der Waals surface area (Å²) >= 11 is 0. The molecule has 0 spiro atoms. The van der Waals surface area contributed by atoms with Crippen LogP contribution in [0.1, 0.15) is 59.3 Å². The first-order valence-corrected chi connectivity index (χ1v) is 7.32. The molecule has 3 aliphatic rings. The SMILES string of the molecule is CC12CCC(C1)C(C)(C)C2NC1=NCCCC1. The minimum atomic E-state index is 0.451. The highest BCUT2D eigenvalue weighted by Crippen LogP contribution is 2.62. The number of hydrogen-bond acceptors (Lipinski definition) is 2. The molecule has 17 heavy (non-hydrogen) atoms. The van der Waals surface area contributed by atoms with Gasteiger partial charge in [-0.2, -0.15) is 0 Å². The molecular weight excluding hydrogens is 208 g/mol. The smallest absolute Gasteiger partial charge is 0.0965 e. The molecule has 0 radical (unpaired) electrons. The van der Waals surface area contributed by atoms with Crippen molar-refractivity contribution in [2.24, 2.45) is 21.7 Å². The molecule has 2 aliphatic carbocycles. The first-order chi connectivity index (χ1) is 8.02. The predicted molar refractivity (Wildman–Crippen MR) is 72.3 cm³/mol. The lowest BCUT2D eigenvalue weighted by molar-refractivity contribution is 0.124. The van der Waals surface area contributed by atoms with Gasteiger partial charge in [-0.3, -0.25) is 4.99 Å². The van der Waals surface area contributed by atoms with Crippen LogP contribution in [0, 0.1) is 16.7 Å². The van der Waals surface area contributed by atoms with E-state index in [4.69, 9.17) is 0 Å². The fourth-order valence-electron chi connectivity index (χ4n) is 4.64. The minimum Gasteiger partial charge on any atom is -0.370 e. The van der Waals surface area contributed by atoms with Crippen molar-refractivity contribution < 1.29 is 0 Å². The average Bonchev–Trinajstić information content (AvgIpc) is 2.77. The van der Waals surface area contributed by atoms with Gasteiger partial charge in [0.15, 0.2) is 0 Å². The quantitative estimate of drug-likeness (QED) is 0.739. The third kappa shape index (κ3) is 1.71. The second-order valence-corrected chi connectivity index (χ2v) is 7.28. The molecule has 0 aromatic carbocycles. The van der Waals surface area contributed by atoms with E-state index in [2.05, 4.69) is 31.1 Å². The Morgan fingerprint density at radius 2 is 2.06 bits per heavy atom. The molecule has 2 fully saturated rings. The monoisotopic (exact) mass is 234 g/mol. The number of amidine groups is 1. The lowest BCUT2D eigenvalue weighted by Gasteiger charge is -2.44. The summed E-state index contributed by atoms with van der Waals surface area (Å²) in [5.74, 6) is 2.22. The van der Waals surface area contributed by atoms with Crippen molar-refractivity contribution in [1.82, 2.24) is 5.32 Å². The highest BCUT2D eigenvalue weighted by Gasteiger charge is 2.59. The lowest BCUT2D eigenvalue weighted by atomic mass is 9.68. The van der Waals surface area contributed by atoms with Crippen molar-refractivity contribution in [2.75, 3.05) is 6.54 Å². The molecule has 3 atom stereocenters. The molecule has 0 aromatic rings. The maximum atomic E-state index is 4.68. The Bertz CT molecular complexity index is 340. The molecule has 0 aromatic heterocycles. The van der Waals surface area contributed by atoms with Gasteiger partial charge in [0.25, 0.3) is 0 Å². The van der Waals surface area contributed by atoms with Gasteiger partial charge in [0, 0.05) is 19.0 Å². The number of nitrogens with zero attached hydrogens (tertiary/aromatic N) is 1. The molecule has 2 bridgehead atoms. The number of fused-ring (bicyclic) bond motifs is 2. The van der Waals surface area contributed by atoms with E-state index in [1.165, 1.54) is 44.4 Å². The molecule has 96 valence electrons. The zero-order valence-corrected chi connectivity index (χ0v) is 11.6. The second kappa shape index (κ2) is 3.73. The maximum Gasteiger partial charge on any atom is 0.0965 e. The average molecular weight is 234 g/mol. The maximum absolute atomic E-state index is 4.68. The highest BCUT2D eigenvalue weighted by atomic mass is 15.1. The summed E-state index contributed by atoms with van der Waals surface area (Å²) < 4.78 is 0. The normalized spacial score (nSPS) is 43.6. The molecule has 3 rings (SSSR count). The van der Waals surface area contributed by atoms with E-state index < -0.39 is 0 Å². The van der Waals surface area contributed by atoms with E-state index in [-0.39, 0.29) is 0 Å². The Hall–Kier alpha value is -0.530. The molecular formula is C15H26N2. The molecule has 2 saturated carbocycles. The summed E-state index contributed by atoms with van der Waals surface area (Å²) in [6.07, 6.45) is 8.04. The van der Waals surface area contributed by atoms with Crippen molar-refractivity contribution in [3.63, 3.8) is 0 Å². The van der Waals surface area contributed by atoms with Crippen LogP contribution in [0.2, 0.25) is 0 Å². The van der Waals surface area contributed by atoms with Crippen molar-refractivity contribution in [2.45, 2.75) is 65.3 Å². The van der Waals surface area contributed by atoms with Gasteiger partial charge >= 0.3 is 0 Å². The van der Waals surface area contributed by atoms with Crippen molar-refractivity contribution in [1.29, 1.82) is 0 Å². The van der Waals surface area contributed by atoms with Crippen LogP contribution in [0.15, 0.2) is 4.99 Å². The highest BCUT2D eigenvalue weighted by molar-refractivity contribution is 5.83. The van der Waals surface area contributed by atoms with E-state index >= 15 is 0 Å². The Kier molecular flexibility index (Phi) is 2.53. The van der Waals surface area contributed by atoms with E-state index in [1.807, 2.05) is 0 Å². The minimum absolute atomic E-state index is 0.451. The number of aliphatic imine (C=N–C) groups is 1. The summed E-state index contributed by atoms with van der Waals surface area (Å²) in [7, 11) is 0. The van der Waals surface area contributed by atoms with Gasteiger partial charge < -0.3 is 5.32 Å². The summed E-state index contributed by atoms with van der Waals surface area (Å²) in [6, 6.07) is 0.644. The standard InChI is InChI=1S/C15H26N2/c1-14(2)11-7-8-15(3,10-11)13(14)17-12-6-4-5-9-16-12/h11,13H,4-10H2,1-3H3,(H,16,17). The van der Waals surface area contributed by atoms with E-state index in [1.54, 1.807) is 0 Å². The van der Waals surface area contributed by atoms with Gasteiger partial charge in [0.2, 0.25) is 0 Å². The van der Waals surface area contributed by atoms with Gasteiger partial charge in [-0.25, -0.2) is 0 Å². The fourth-order valence-corrected chi connectivity index (χ4v) is 4.64. The number of rotatable bonds is 1. The third-order valence-electron chi connectivity index (χ3n) is 5.71. The van der Waals surface area contributed by atoms with Crippen LogP contribution in [0.25, 0.3) is 0 Å². The molecule has 1 aliphatic heterocycles. The summed E-state index contributed by atoms with van der Waals surface area (Å²) in [5, 5.41) is 3.83. The van der Waals surface area contributed by atoms with Crippen LogP contribution >= 0.6 is 0 Å². The van der Waals surface area contributed by atoms with Gasteiger partial charge in [-0.15, -0.1) is 0 Å². The molecule has 2 nitrogen and oxygen atoms in total. The van der Waals surface area contributed by atoms with E-state index in [0.29, 0.717) is 16.9 Å². The fraction of sp³-hybridized carbons (Fsp3) is 0.933. The van der Waals surface area contributed by atoms with Crippen molar-refractivity contribution >= 4 is 5.84 Å². The van der Waals surface area contributed by atoms with Crippen molar-refractivity contribution in [3.8, 4) is 0 Å². The zero-order valence-electron chi connectivity index (χ0n) is 11.6. The van der Waals surface area contributed by atoms with Gasteiger partial charge in [-0.05, 0) is 48.9 Å². The molecule has 1 heterocycles. The Labute approximate surface area is 105 Å². The Balaban J connectivity index is 1.80. The number of nitrogens with one attached hydrogen (secondary N) is 1. The molecule has 0 saturated heterocycles. The largest absolute Gasteiger partial charge is 0.370 e. The number of hydrogen-bond donors (Lipinski definition) is 1. The van der Waals surface area contributed by atoms with Gasteiger partial charge in [0.1, 0.15) is 0 Å². The van der Waals surface area contributed by atoms with Crippen LogP contribution in [0.3, 0.4) is 0 Å². The molecule has 3 unspecified atom stereocenters. The summed E-state index contributed by atoms with van der Waals surface area (Å²) in [4.78, 5) is 4.68. The van der Waals surface area contributed by atoms with Crippen molar-refractivity contribution in [3.05, 3.63) is 0 Å². The topological polar surface area (TPSA) is 24.4 Å². The van der Waals surface area contributed by atoms with Crippen LogP contribution < -0.4 is 5.32 Å². The van der Waals surface area contributed by atoms with Gasteiger partial charge in [-0.1, -0.05) is 20.8 Å². The molecule has 1 N–H and O–H groups in total. The zero-order chi connectivity index (χ0) is 12.1. The van der Waals surface area contributed by atoms with Crippen LogP contribution in [-0.4, -0.2) is 18.4 Å². The predicted octanol–water partition coefficient (Wildman–Crippen LogP) is 3.37. The third-order valence-corrected chi connectivity index (χ3v) is 5.71. The molecule has 0 amide bonds. The summed E-state index contributed by atoms with van der Waals surface area (Å²) in [6.45, 7) is 8.45. The lowest BCUT2D eigenvalue weighted by Crippen LogP contribution is -2.52. The van der Waals surface area contributed by atoms with E-state index in [0.717, 1.165) is 12.5 Å². The first-order valence-electron chi connectivity index (χ1n) is 7.32. The first kappa shape index (κ1) is 11.6. The Morgan fingerprint density at radius 3 is 2.65 bits per heavy atom. The van der Waals surface area contributed by atoms with Crippen LogP contribution in [-0.2, 0) is 0 Å². The van der Waals surface area contributed by atoms with Crippen LogP contribution in [0.4, 0.5) is 0 Å². The molecule has 2 heteroatoms. The van der Waals surface area contributed by atoms with E-state index in [9.17, 15) is 0 Å². The Morgan fingerprint density at radius 1 is 1.24 bits per heavy atom. The second-order valence-electron chi connectivity index (χ2n) is 7.28.